The molecule has 2 fully saturated rings. The van der Waals surface area contributed by atoms with E-state index in [0.29, 0.717) is 28.8 Å². The molecule has 0 bridgehead atoms. The van der Waals surface area contributed by atoms with Crippen LogP contribution in [0.3, 0.4) is 0 Å². The summed E-state index contributed by atoms with van der Waals surface area (Å²) in [6, 6.07) is 5.15. The molecule has 29 heavy (non-hydrogen) atoms. The SMILES string of the molecule is CCCCCN1CCCC(CCCOc2ccc(Cl)c(Cl)c2)C12OC(=O)C(=O)O2. The number of benzene rings is 1. The summed E-state index contributed by atoms with van der Waals surface area (Å²) < 4.78 is 16.8. The normalized spacial score (nSPS) is 21.3. The van der Waals surface area contributed by atoms with Gasteiger partial charge < -0.3 is 14.2 Å². The second-order valence-electron chi connectivity index (χ2n) is 7.51. The third-order valence-corrected chi connectivity index (χ3v) is 6.21. The molecule has 6 nitrogen and oxygen atoms in total. The number of nitrogens with zero attached hydrogens (tertiary/aromatic N) is 1. The van der Waals surface area contributed by atoms with Gasteiger partial charge in [-0.2, -0.15) is 0 Å². The highest BCUT2D eigenvalue weighted by atomic mass is 35.5. The highest BCUT2D eigenvalue weighted by molar-refractivity contribution is 6.42. The molecule has 1 spiro atoms. The molecule has 8 heteroatoms. The molecule has 0 aromatic heterocycles. The molecule has 0 aliphatic carbocycles. The van der Waals surface area contributed by atoms with Gasteiger partial charge in [0.2, 0.25) is 0 Å². The largest absolute Gasteiger partial charge is 0.494 e. The van der Waals surface area contributed by atoms with Crippen molar-refractivity contribution in [2.24, 2.45) is 5.92 Å². The van der Waals surface area contributed by atoms with Crippen molar-refractivity contribution in [3.8, 4) is 5.75 Å². The summed E-state index contributed by atoms with van der Waals surface area (Å²) in [5, 5.41) is 0.930. The van der Waals surface area contributed by atoms with E-state index in [1.807, 2.05) is 4.90 Å². The Morgan fingerprint density at radius 2 is 1.90 bits per heavy atom. The molecule has 1 aromatic carbocycles. The zero-order valence-electron chi connectivity index (χ0n) is 16.6. The third-order valence-electron chi connectivity index (χ3n) is 5.47. The smallest absolute Gasteiger partial charge is 0.421 e. The van der Waals surface area contributed by atoms with Crippen LogP contribution >= 0.6 is 23.2 Å². The summed E-state index contributed by atoms with van der Waals surface area (Å²) in [6.07, 6.45) is 6.39. The van der Waals surface area contributed by atoms with E-state index in [2.05, 4.69) is 6.92 Å². The monoisotopic (exact) mass is 443 g/mol. The summed E-state index contributed by atoms with van der Waals surface area (Å²) in [4.78, 5) is 25.8. The lowest BCUT2D eigenvalue weighted by atomic mass is 9.88. The van der Waals surface area contributed by atoms with E-state index >= 15 is 0 Å². The van der Waals surface area contributed by atoms with Gasteiger partial charge in [0, 0.05) is 19.2 Å². The minimum atomic E-state index is -1.26. The Balaban J connectivity index is 1.60. The summed E-state index contributed by atoms with van der Waals surface area (Å²) in [7, 11) is 0. The highest BCUT2D eigenvalue weighted by Crippen LogP contribution is 2.42. The Kier molecular flexibility index (Phi) is 7.66. The molecule has 3 rings (SSSR count). The van der Waals surface area contributed by atoms with E-state index in [9.17, 15) is 9.59 Å². The van der Waals surface area contributed by atoms with Crippen molar-refractivity contribution >= 4 is 35.1 Å². The third kappa shape index (κ3) is 5.16. The number of halogens is 2. The minimum Gasteiger partial charge on any atom is -0.494 e. The Hall–Kier alpha value is -1.50. The number of rotatable bonds is 9. The van der Waals surface area contributed by atoms with E-state index in [1.54, 1.807) is 18.2 Å². The minimum absolute atomic E-state index is 0.0781. The Morgan fingerprint density at radius 1 is 1.14 bits per heavy atom. The molecule has 1 atom stereocenters. The average Bonchev–Trinajstić information content (AvgIpc) is 2.99. The van der Waals surface area contributed by atoms with Gasteiger partial charge in [-0.1, -0.05) is 43.0 Å². The lowest BCUT2D eigenvalue weighted by Crippen LogP contribution is -2.58. The van der Waals surface area contributed by atoms with Crippen molar-refractivity contribution in [1.82, 2.24) is 4.90 Å². The molecule has 0 saturated carbocycles. The van der Waals surface area contributed by atoms with Gasteiger partial charge in [0.1, 0.15) is 5.75 Å². The molecule has 1 unspecified atom stereocenters. The number of carbonyl (C=O) groups is 2. The van der Waals surface area contributed by atoms with Crippen LogP contribution in [0.2, 0.25) is 10.0 Å². The van der Waals surface area contributed by atoms with Crippen LogP contribution in [0.25, 0.3) is 0 Å². The number of hydrogen-bond donors (Lipinski definition) is 0. The number of hydrogen-bond acceptors (Lipinski definition) is 6. The van der Waals surface area contributed by atoms with E-state index in [4.69, 9.17) is 37.4 Å². The highest BCUT2D eigenvalue weighted by Gasteiger charge is 2.58. The zero-order chi connectivity index (χ0) is 20.9. The van der Waals surface area contributed by atoms with E-state index in [-0.39, 0.29) is 5.92 Å². The molecule has 2 heterocycles. The van der Waals surface area contributed by atoms with Crippen LogP contribution in [0.5, 0.6) is 5.75 Å². The number of unbranched alkanes of at least 4 members (excludes halogenated alkanes) is 2. The molecule has 2 aliphatic rings. The first kappa shape index (κ1) is 22.2. The van der Waals surface area contributed by atoms with Gasteiger partial charge in [-0.05, 0) is 44.2 Å². The van der Waals surface area contributed by atoms with Crippen LogP contribution in [0, 0.1) is 5.92 Å². The lowest BCUT2D eigenvalue weighted by molar-refractivity contribution is -0.292. The molecule has 2 aliphatic heterocycles. The van der Waals surface area contributed by atoms with E-state index in [0.717, 1.165) is 51.6 Å². The maximum absolute atomic E-state index is 11.9. The maximum Gasteiger partial charge on any atom is 0.421 e. The van der Waals surface area contributed by atoms with Crippen LogP contribution in [-0.4, -0.2) is 42.4 Å². The van der Waals surface area contributed by atoms with Crippen molar-refractivity contribution in [3.63, 3.8) is 0 Å². The van der Waals surface area contributed by atoms with Gasteiger partial charge in [-0.15, -0.1) is 0 Å². The van der Waals surface area contributed by atoms with Crippen LogP contribution in [0.15, 0.2) is 18.2 Å². The summed E-state index contributed by atoms with van der Waals surface area (Å²) in [6.45, 7) is 4.10. The first-order valence-electron chi connectivity index (χ1n) is 10.3. The Labute approximate surface area is 181 Å². The Morgan fingerprint density at radius 3 is 2.59 bits per heavy atom. The molecular weight excluding hydrogens is 417 g/mol. The van der Waals surface area contributed by atoms with Crippen LogP contribution in [0.1, 0.15) is 51.9 Å². The summed E-state index contributed by atoms with van der Waals surface area (Å²) >= 11 is 11.9. The Bertz CT molecular complexity index is 726. The molecule has 1 aromatic rings. The molecule has 0 N–H and O–H groups in total. The van der Waals surface area contributed by atoms with Crippen molar-refractivity contribution in [1.29, 1.82) is 0 Å². The van der Waals surface area contributed by atoms with Gasteiger partial charge in [-0.25, -0.2) is 14.5 Å². The fourth-order valence-electron chi connectivity index (χ4n) is 4.02. The van der Waals surface area contributed by atoms with Crippen molar-refractivity contribution in [2.45, 2.75) is 57.8 Å². The van der Waals surface area contributed by atoms with E-state index in [1.165, 1.54) is 0 Å². The van der Waals surface area contributed by atoms with Gasteiger partial charge in [0.15, 0.2) is 0 Å². The second-order valence-corrected chi connectivity index (χ2v) is 8.32. The number of esters is 2. The van der Waals surface area contributed by atoms with Crippen LogP contribution < -0.4 is 4.74 Å². The van der Waals surface area contributed by atoms with Crippen molar-refractivity contribution in [3.05, 3.63) is 28.2 Å². The summed E-state index contributed by atoms with van der Waals surface area (Å²) in [5.74, 6) is -2.48. The number of likely N-dealkylation sites (tertiary alicyclic amines) is 1. The van der Waals surface area contributed by atoms with E-state index < -0.39 is 17.8 Å². The van der Waals surface area contributed by atoms with Gasteiger partial charge in [0.25, 0.3) is 0 Å². The fourth-order valence-corrected chi connectivity index (χ4v) is 4.31. The maximum atomic E-state index is 11.9. The zero-order valence-corrected chi connectivity index (χ0v) is 18.1. The fraction of sp³-hybridized carbons (Fsp3) is 0.619. The van der Waals surface area contributed by atoms with Crippen molar-refractivity contribution < 1.29 is 23.8 Å². The molecule has 2 saturated heterocycles. The second kappa shape index (κ2) is 10.0. The number of piperidine rings is 1. The van der Waals surface area contributed by atoms with Gasteiger partial charge in [0.05, 0.1) is 22.6 Å². The molecule has 0 amide bonds. The van der Waals surface area contributed by atoms with Crippen LogP contribution in [-0.2, 0) is 19.1 Å². The molecular formula is C21H27Cl2NO5. The molecule has 160 valence electrons. The van der Waals surface area contributed by atoms with Crippen molar-refractivity contribution in [2.75, 3.05) is 19.7 Å². The van der Waals surface area contributed by atoms with Gasteiger partial charge >= 0.3 is 17.8 Å². The first-order chi connectivity index (χ1) is 14.0. The standard InChI is InChI=1S/C21H27Cl2NO5/c1-2-3-4-11-24-12-5-7-15(21(24)28-19(25)20(26)29-21)8-6-13-27-16-9-10-17(22)18(23)14-16/h9-10,14-15H,2-8,11-13H2,1H3. The number of ether oxygens (including phenoxy) is 3. The first-order valence-corrected chi connectivity index (χ1v) is 11.0. The summed E-state index contributed by atoms with van der Waals surface area (Å²) in [5.41, 5.74) is 0. The lowest BCUT2D eigenvalue weighted by Gasteiger charge is -2.45. The quantitative estimate of drug-likeness (QED) is 0.310. The van der Waals surface area contributed by atoms with Gasteiger partial charge in [-0.3, -0.25) is 0 Å². The predicted octanol–water partition coefficient (Wildman–Crippen LogP) is 4.81. The van der Waals surface area contributed by atoms with Crippen LogP contribution in [0.4, 0.5) is 0 Å². The molecule has 0 radical (unpaired) electrons. The number of carbonyl (C=O) groups excluding carboxylic acids is 2. The predicted molar refractivity (Wildman–Crippen MR) is 110 cm³/mol. The average molecular weight is 444 g/mol. The topological polar surface area (TPSA) is 65.1 Å².